The molecule has 2 aromatic rings. The summed E-state index contributed by atoms with van der Waals surface area (Å²) < 4.78 is 21.5. The molecule has 134 valence electrons. The number of aliphatic hydroxyl groups is 2. The molecule has 6 nitrogen and oxygen atoms in total. The molecule has 0 aliphatic carbocycles. The molecule has 0 aromatic heterocycles. The Balaban J connectivity index is 0.000000146. The van der Waals surface area contributed by atoms with E-state index in [1.165, 1.54) is 0 Å². The van der Waals surface area contributed by atoms with Gasteiger partial charge in [0.05, 0.1) is 13.2 Å². The van der Waals surface area contributed by atoms with Crippen LogP contribution in [0.2, 0.25) is 5.02 Å². The van der Waals surface area contributed by atoms with Gasteiger partial charge in [-0.2, -0.15) is 0 Å². The van der Waals surface area contributed by atoms with Gasteiger partial charge in [-0.15, -0.1) is 0 Å². The van der Waals surface area contributed by atoms with E-state index >= 15 is 0 Å². The average Bonchev–Trinajstić information content (AvgIpc) is 2.67. The van der Waals surface area contributed by atoms with Crippen LogP contribution in [0.1, 0.15) is 0 Å². The third kappa shape index (κ3) is 4.48. The van der Waals surface area contributed by atoms with Gasteiger partial charge in [0.15, 0.2) is 35.2 Å². The zero-order chi connectivity index (χ0) is 17.6. The first-order valence-corrected chi connectivity index (χ1v) is 8.26. The Morgan fingerprint density at radius 3 is 2.00 bits per heavy atom. The van der Waals surface area contributed by atoms with Crippen molar-refractivity contribution in [2.24, 2.45) is 0 Å². The Kier molecular flexibility index (Phi) is 5.86. The number of fused-ring (bicyclic) bond motifs is 2. The third-order valence-corrected chi connectivity index (χ3v) is 3.83. The summed E-state index contributed by atoms with van der Waals surface area (Å²) in [6, 6.07) is 12.6. The number of hydrogen-bond acceptors (Lipinski definition) is 6. The van der Waals surface area contributed by atoms with Crippen LogP contribution in [0.5, 0.6) is 23.0 Å². The Hall–Kier alpha value is -2.15. The lowest BCUT2D eigenvalue weighted by Crippen LogP contribution is -2.32. The quantitative estimate of drug-likeness (QED) is 0.849. The first kappa shape index (κ1) is 17.7. The van der Waals surface area contributed by atoms with Crippen LogP contribution >= 0.6 is 11.6 Å². The predicted molar refractivity (Wildman–Crippen MR) is 91.9 cm³/mol. The van der Waals surface area contributed by atoms with Crippen molar-refractivity contribution in [3.63, 3.8) is 0 Å². The third-order valence-electron chi connectivity index (χ3n) is 3.60. The standard InChI is InChI=1S/C9H9ClO3.C9H10O3/c10-6-1-2-8-9(3-6)12-5-7(4-11)13-8;10-5-7-6-11-8-3-1-2-4-9(8)12-7/h1-3,7,11H,4-5H2;1-4,7,10H,5-6H2/t7-;/m0./s1. The van der Waals surface area contributed by atoms with Crippen LogP contribution in [-0.4, -0.2) is 48.8 Å². The van der Waals surface area contributed by atoms with Gasteiger partial charge in [0.1, 0.15) is 13.2 Å². The minimum absolute atomic E-state index is 0.00562. The van der Waals surface area contributed by atoms with E-state index in [1.54, 1.807) is 18.2 Å². The summed E-state index contributed by atoms with van der Waals surface area (Å²) in [6.45, 7) is 0.744. The summed E-state index contributed by atoms with van der Waals surface area (Å²) in [5.74, 6) is 2.73. The van der Waals surface area contributed by atoms with Crippen LogP contribution in [0.25, 0.3) is 0 Å². The van der Waals surface area contributed by atoms with Crippen molar-refractivity contribution in [2.75, 3.05) is 26.4 Å². The highest BCUT2D eigenvalue weighted by atomic mass is 35.5. The number of aliphatic hydroxyl groups excluding tert-OH is 2. The van der Waals surface area contributed by atoms with Crippen molar-refractivity contribution >= 4 is 11.6 Å². The van der Waals surface area contributed by atoms with Crippen LogP contribution in [0.4, 0.5) is 0 Å². The molecule has 7 heteroatoms. The van der Waals surface area contributed by atoms with Crippen LogP contribution in [0.3, 0.4) is 0 Å². The first-order chi connectivity index (χ1) is 12.2. The Bertz CT molecular complexity index is 708. The second-order valence-corrected chi connectivity index (χ2v) is 5.94. The topological polar surface area (TPSA) is 77.4 Å². The summed E-state index contributed by atoms with van der Waals surface area (Å²) >= 11 is 5.76. The van der Waals surface area contributed by atoms with Crippen LogP contribution in [0, 0.1) is 0 Å². The van der Waals surface area contributed by atoms with E-state index in [0.717, 1.165) is 5.75 Å². The van der Waals surface area contributed by atoms with Gasteiger partial charge in [-0.05, 0) is 24.3 Å². The van der Waals surface area contributed by atoms with E-state index in [-0.39, 0.29) is 25.4 Å². The molecule has 0 saturated heterocycles. The van der Waals surface area contributed by atoms with Gasteiger partial charge in [-0.25, -0.2) is 0 Å². The Morgan fingerprint density at radius 1 is 0.800 bits per heavy atom. The number of benzene rings is 2. The molecule has 0 spiro atoms. The first-order valence-electron chi connectivity index (χ1n) is 7.89. The van der Waals surface area contributed by atoms with Gasteiger partial charge in [-0.3, -0.25) is 0 Å². The number of para-hydroxylation sites is 2. The molecule has 2 N–H and O–H groups in total. The number of ether oxygens (including phenoxy) is 4. The summed E-state index contributed by atoms with van der Waals surface area (Å²) in [5.41, 5.74) is 0. The molecule has 1 unspecified atom stereocenters. The van der Waals surface area contributed by atoms with E-state index in [1.807, 2.05) is 24.3 Å². The van der Waals surface area contributed by atoms with E-state index in [9.17, 15) is 0 Å². The number of hydrogen-bond donors (Lipinski definition) is 2. The van der Waals surface area contributed by atoms with Gasteiger partial charge in [-0.1, -0.05) is 23.7 Å². The fraction of sp³-hybridized carbons (Fsp3) is 0.333. The van der Waals surface area contributed by atoms with Gasteiger partial charge in [0, 0.05) is 11.1 Å². The normalized spacial score (nSPS) is 20.3. The maximum absolute atomic E-state index is 8.84. The lowest BCUT2D eigenvalue weighted by atomic mass is 10.3. The fourth-order valence-corrected chi connectivity index (χ4v) is 2.49. The van der Waals surface area contributed by atoms with Crippen LogP contribution in [-0.2, 0) is 0 Å². The molecule has 2 heterocycles. The van der Waals surface area contributed by atoms with Gasteiger partial charge < -0.3 is 29.2 Å². The maximum atomic E-state index is 8.84. The molecule has 0 amide bonds. The van der Waals surface area contributed by atoms with Crippen molar-refractivity contribution < 1.29 is 29.2 Å². The lowest BCUT2D eigenvalue weighted by Gasteiger charge is -2.24. The van der Waals surface area contributed by atoms with E-state index in [2.05, 4.69) is 0 Å². The van der Waals surface area contributed by atoms with Crippen molar-refractivity contribution in [1.82, 2.24) is 0 Å². The van der Waals surface area contributed by atoms with Gasteiger partial charge in [0.2, 0.25) is 0 Å². The molecule has 0 fully saturated rings. The molecule has 25 heavy (non-hydrogen) atoms. The average molecular weight is 367 g/mol. The lowest BCUT2D eigenvalue weighted by molar-refractivity contribution is 0.0456. The highest BCUT2D eigenvalue weighted by molar-refractivity contribution is 6.30. The maximum Gasteiger partial charge on any atom is 0.162 e. The Labute approximate surface area is 150 Å². The molecule has 2 aliphatic heterocycles. The number of halogens is 1. The second-order valence-electron chi connectivity index (χ2n) is 5.50. The molecular formula is C18H19ClO6. The summed E-state index contributed by atoms with van der Waals surface area (Å²) in [7, 11) is 0. The van der Waals surface area contributed by atoms with Crippen LogP contribution in [0.15, 0.2) is 42.5 Å². The van der Waals surface area contributed by atoms with Gasteiger partial charge >= 0.3 is 0 Å². The summed E-state index contributed by atoms with van der Waals surface area (Å²) in [5, 5.41) is 18.3. The minimum Gasteiger partial charge on any atom is -0.486 e. The molecule has 2 aromatic carbocycles. The molecule has 2 aliphatic rings. The monoisotopic (exact) mass is 366 g/mol. The number of rotatable bonds is 2. The van der Waals surface area contributed by atoms with Crippen molar-refractivity contribution in [3.8, 4) is 23.0 Å². The Morgan fingerprint density at radius 2 is 1.36 bits per heavy atom. The van der Waals surface area contributed by atoms with Crippen molar-refractivity contribution in [1.29, 1.82) is 0 Å². The second kappa shape index (κ2) is 8.29. The zero-order valence-corrected chi connectivity index (χ0v) is 14.2. The molecule has 4 rings (SSSR count). The van der Waals surface area contributed by atoms with Crippen molar-refractivity contribution in [3.05, 3.63) is 47.5 Å². The molecular weight excluding hydrogens is 348 g/mol. The summed E-state index contributed by atoms with van der Waals surface area (Å²) in [4.78, 5) is 0. The SMILES string of the molecule is OCC1COc2ccccc2O1.OC[C@H]1COc2cc(Cl)ccc2O1. The molecule has 0 saturated carbocycles. The molecule has 2 atom stereocenters. The fourth-order valence-electron chi connectivity index (χ4n) is 2.33. The molecule has 0 radical (unpaired) electrons. The highest BCUT2D eigenvalue weighted by Crippen LogP contribution is 2.33. The van der Waals surface area contributed by atoms with E-state index in [0.29, 0.717) is 35.5 Å². The van der Waals surface area contributed by atoms with Crippen molar-refractivity contribution in [2.45, 2.75) is 12.2 Å². The predicted octanol–water partition coefficient (Wildman–Crippen LogP) is 2.29. The largest absolute Gasteiger partial charge is 0.486 e. The van der Waals surface area contributed by atoms with E-state index in [4.69, 9.17) is 40.8 Å². The van der Waals surface area contributed by atoms with Crippen LogP contribution < -0.4 is 18.9 Å². The van der Waals surface area contributed by atoms with E-state index < -0.39 is 0 Å². The minimum atomic E-state index is -0.270. The summed E-state index contributed by atoms with van der Waals surface area (Å²) in [6.07, 6.45) is -0.492. The zero-order valence-electron chi connectivity index (χ0n) is 13.4. The highest BCUT2D eigenvalue weighted by Gasteiger charge is 2.20. The van der Waals surface area contributed by atoms with Gasteiger partial charge in [0.25, 0.3) is 0 Å². The smallest absolute Gasteiger partial charge is 0.162 e. The molecule has 0 bridgehead atoms.